The number of fused-ring (bicyclic) bond motifs is 1. The molecule has 2 aromatic rings. The monoisotopic (exact) mass is 418 g/mol. The smallest absolute Gasteiger partial charge is 0.243 e. The standard InChI is InChI=1S/C20H22N2O6S/c1-26-15-6-4-14(5-7-15)21-20(23)17-3-2-10-22(17)29(24,25)16-8-9-18-19(13-16)28-12-11-27-18/h4-9,13,17H,2-3,10-12H2,1H3,(H,21,23). The maximum absolute atomic E-state index is 13.2. The highest BCUT2D eigenvalue weighted by atomic mass is 32.2. The topological polar surface area (TPSA) is 94.2 Å². The minimum atomic E-state index is -3.85. The third-order valence-electron chi connectivity index (χ3n) is 4.98. The number of hydrogen-bond donors (Lipinski definition) is 1. The zero-order valence-corrected chi connectivity index (χ0v) is 16.8. The van der Waals surface area contributed by atoms with Crippen LogP contribution in [0, 0.1) is 0 Å². The zero-order chi connectivity index (χ0) is 20.4. The molecular weight excluding hydrogens is 396 g/mol. The Morgan fingerprint density at radius 3 is 2.55 bits per heavy atom. The molecule has 4 rings (SSSR count). The van der Waals surface area contributed by atoms with Gasteiger partial charge in [0.15, 0.2) is 11.5 Å². The molecule has 1 saturated heterocycles. The highest BCUT2D eigenvalue weighted by Gasteiger charge is 2.39. The summed E-state index contributed by atoms with van der Waals surface area (Å²) in [6.07, 6.45) is 1.08. The number of sulfonamides is 1. The summed E-state index contributed by atoms with van der Waals surface area (Å²) < 4.78 is 43.7. The molecule has 1 amide bonds. The largest absolute Gasteiger partial charge is 0.497 e. The van der Waals surface area contributed by atoms with Crippen LogP contribution in [0.5, 0.6) is 17.2 Å². The van der Waals surface area contributed by atoms with Crippen LogP contribution in [0.2, 0.25) is 0 Å². The Kier molecular flexibility index (Phi) is 5.33. The van der Waals surface area contributed by atoms with Gasteiger partial charge >= 0.3 is 0 Å². The lowest BCUT2D eigenvalue weighted by Crippen LogP contribution is -2.43. The third kappa shape index (κ3) is 3.88. The maximum Gasteiger partial charge on any atom is 0.243 e. The molecular formula is C20H22N2O6S. The fraction of sp³-hybridized carbons (Fsp3) is 0.350. The van der Waals surface area contributed by atoms with Gasteiger partial charge in [0.1, 0.15) is 25.0 Å². The SMILES string of the molecule is COc1ccc(NC(=O)C2CCCN2S(=O)(=O)c2ccc3c(c2)OCCO3)cc1. The predicted octanol–water partition coefficient (Wildman–Crippen LogP) is 2.26. The number of carbonyl (C=O) groups is 1. The van der Waals surface area contributed by atoms with E-state index in [0.29, 0.717) is 49.0 Å². The Hall–Kier alpha value is -2.78. The van der Waals surface area contributed by atoms with Crippen molar-refractivity contribution in [3.63, 3.8) is 0 Å². The van der Waals surface area contributed by atoms with Crippen molar-refractivity contribution in [3.8, 4) is 17.2 Å². The van der Waals surface area contributed by atoms with E-state index in [1.54, 1.807) is 37.4 Å². The molecule has 0 aliphatic carbocycles. The van der Waals surface area contributed by atoms with Gasteiger partial charge in [-0.3, -0.25) is 4.79 Å². The first-order valence-electron chi connectivity index (χ1n) is 9.35. The molecule has 2 aliphatic heterocycles. The minimum Gasteiger partial charge on any atom is -0.497 e. The van der Waals surface area contributed by atoms with E-state index in [2.05, 4.69) is 5.32 Å². The number of nitrogens with one attached hydrogen (secondary N) is 1. The van der Waals surface area contributed by atoms with Crippen molar-refractivity contribution in [2.45, 2.75) is 23.8 Å². The van der Waals surface area contributed by atoms with E-state index < -0.39 is 16.1 Å². The average Bonchev–Trinajstić information content (AvgIpc) is 3.25. The molecule has 1 atom stereocenters. The van der Waals surface area contributed by atoms with Gasteiger partial charge in [0, 0.05) is 18.3 Å². The molecule has 9 heteroatoms. The molecule has 1 unspecified atom stereocenters. The van der Waals surface area contributed by atoms with Crippen molar-refractivity contribution in [2.24, 2.45) is 0 Å². The Morgan fingerprint density at radius 1 is 1.10 bits per heavy atom. The van der Waals surface area contributed by atoms with Crippen LogP contribution in [0.25, 0.3) is 0 Å². The molecule has 0 radical (unpaired) electrons. The van der Waals surface area contributed by atoms with Gasteiger partial charge < -0.3 is 19.5 Å². The summed E-state index contributed by atoms with van der Waals surface area (Å²) in [5.41, 5.74) is 0.583. The Bertz CT molecular complexity index is 1010. The number of methoxy groups -OCH3 is 1. The predicted molar refractivity (Wildman–Crippen MR) is 106 cm³/mol. The Morgan fingerprint density at radius 2 is 1.83 bits per heavy atom. The quantitative estimate of drug-likeness (QED) is 0.801. The van der Waals surface area contributed by atoms with Crippen LogP contribution in [0.3, 0.4) is 0 Å². The van der Waals surface area contributed by atoms with Crippen molar-refractivity contribution in [1.82, 2.24) is 4.31 Å². The molecule has 154 valence electrons. The second-order valence-corrected chi connectivity index (χ2v) is 8.69. The lowest BCUT2D eigenvalue weighted by Gasteiger charge is -2.24. The number of anilines is 1. The number of rotatable bonds is 5. The van der Waals surface area contributed by atoms with E-state index in [4.69, 9.17) is 14.2 Å². The van der Waals surface area contributed by atoms with Gasteiger partial charge in [-0.25, -0.2) is 8.42 Å². The fourth-order valence-corrected chi connectivity index (χ4v) is 5.18. The van der Waals surface area contributed by atoms with E-state index in [-0.39, 0.29) is 17.3 Å². The first-order chi connectivity index (χ1) is 14.0. The van der Waals surface area contributed by atoms with Crippen LogP contribution < -0.4 is 19.5 Å². The summed E-state index contributed by atoms with van der Waals surface area (Å²) in [5.74, 6) is 1.24. The summed E-state index contributed by atoms with van der Waals surface area (Å²) >= 11 is 0. The van der Waals surface area contributed by atoms with E-state index in [1.165, 1.54) is 16.4 Å². The molecule has 29 heavy (non-hydrogen) atoms. The molecule has 2 heterocycles. The van der Waals surface area contributed by atoms with Gasteiger partial charge in [-0.1, -0.05) is 0 Å². The summed E-state index contributed by atoms with van der Waals surface area (Å²) in [6, 6.07) is 10.7. The van der Waals surface area contributed by atoms with E-state index in [0.717, 1.165) is 0 Å². The van der Waals surface area contributed by atoms with Crippen LogP contribution >= 0.6 is 0 Å². The first-order valence-corrected chi connectivity index (χ1v) is 10.8. The van der Waals surface area contributed by atoms with Crippen LogP contribution in [-0.4, -0.2) is 51.5 Å². The van der Waals surface area contributed by atoms with Crippen molar-refractivity contribution in [2.75, 3.05) is 32.2 Å². The summed E-state index contributed by atoms with van der Waals surface area (Å²) in [4.78, 5) is 12.9. The molecule has 0 bridgehead atoms. The highest BCUT2D eigenvalue weighted by molar-refractivity contribution is 7.89. The van der Waals surface area contributed by atoms with Gasteiger partial charge in [-0.15, -0.1) is 0 Å². The first kappa shape index (κ1) is 19.5. The molecule has 0 saturated carbocycles. The average molecular weight is 418 g/mol. The normalized spacial score (nSPS) is 19.0. The van der Waals surface area contributed by atoms with Crippen LogP contribution in [-0.2, 0) is 14.8 Å². The molecule has 2 aliphatic rings. The fourth-order valence-electron chi connectivity index (χ4n) is 3.51. The van der Waals surface area contributed by atoms with Crippen molar-refractivity contribution < 1.29 is 27.4 Å². The van der Waals surface area contributed by atoms with Crippen molar-refractivity contribution >= 4 is 21.6 Å². The third-order valence-corrected chi connectivity index (χ3v) is 6.89. The Balaban J connectivity index is 1.54. The van der Waals surface area contributed by atoms with Gasteiger partial charge in [0.2, 0.25) is 15.9 Å². The highest BCUT2D eigenvalue weighted by Crippen LogP contribution is 2.35. The number of carbonyl (C=O) groups excluding carboxylic acids is 1. The van der Waals surface area contributed by atoms with E-state index in [9.17, 15) is 13.2 Å². The van der Waals surface area contributed by atoms with Gasteiger partial charge in [0.05, 0.1) is 12.0 Å². The molecule has 8 nitrogen and oxygen atoms in total. The number of benzene rings is 2. The second-order valence-electron chi connectivity index (χ2n) is 6.80. The van der Waals surface area contributed by atoms with Gasteiger partial charge in [-0.05, 0) is 49.2 Å². The van der Waals surface area contributed by atoms with Crippen LogP contribution in [0.4, 0.5) is 5.69 Å². The number of amides is 1. The number of hydrogen-bond acceptors (Lipinski definition) is 6. The van der Waals surface area contributed by atoms with E-state index in [1.807, 2.05) is 0 Å². The summed E-state index contributed by atoms with van der Waals surface area (Å²) in [5, 5.41) is 2.79. The molecule has 2 aromatic carbocycles. The van der Waals surface area contributed by atoms with Crippen LogP contribution in [0.1, 0.15) is 12.8 Å². The van der Waals surface area contributed by atoms with Gasteiger partial charge in [-0.2, -0.15) is 4.31 Å². The number of nitrogens with zero attached hydrogens (tertiary/aromatic N) is 1. The summed E-state index contributed by atoms with van der Waals surface area (Å²) in [6.45, 7) is 1.09. The molecule has 0 spiro atoms. The lowest BCUT2D eigenvalue weighted by molar-refractivity contribution is -0.119. The minimum absolute atomic E-state index is 0.0888. The van der Waals surface area contributed by atoms with Crippen molar-refractivity contribution in [3.05, 3.63) is 42.5 Å². The van der Waals surface area contributed by atoms with Crippen molar-refractivity contribution in [1.29, 1.82) is 0 Å². The maximum atomic E-state index is 13.2. The molecule has 0 aromatic heterocycles. The van der Waals surface area contributed by atoms with Gasteiger partial charge in [0.25, 0.3) is 0 Å². The molecule has 1 N–H and O–H groups in total. The number of ether oxygens (including phenoxy) is 3. The summed E-state index contributed by atoms with van der Waals surface area (Å²) in [7, 11) is -2.29. The Labute approximate surface area is 169 Å². The molecule has 1 fully saturated rings. The second kappa shape index (κ2) is 7.92. The lowest BCUT2D eigenvalue weighted by atomic mass is 10.2. The van der Waals surface area contributed by atoms with E-state index >= 15 is 0 Å². The zero-order valence-electron chi connectivity index (χ0n) is 16.0. The van der Waals surface area contributed by atoms with Crippen LogP contribution in [0.15, 0.2) is 47.4 Å².